The third-order valence-electron chi connectivity index (χ3n) is 8.54. The van der Waals surface area contributed by atoms with Crippen molar-refractivity contribution in [3.8, 4) is 0 Å². The van der Waals surface area contributed by atoms with E-state index in [4.69, 9.17) is 26.2 Å². The Morgan fingerprint density at radius 3 is 2.57 bits per heavy atom. The number of imidazole rings is 1. The molecule has 7 nitrogen and oxygen atoms in total. The first-order valence-corrected chi connectivity index (χ1v) is 13.6. The molecule has 1 aromatic carbocycles. The molecule has 0 radical (unpaired) electrons. The second-order valence-corrected chi connectivity index (χ2v) is 11.0. The largest absolute Gasteiger partial charge is 0.382 e. The maximum atomic E-state index is 6.70. The van der Waals surface area contributed by atoms with Crippen molar-refractivity contribution in [3.05, 3.63) is 41.6 Å². The van der Waals surface area contributed by atoms with E-state index in [1.165, 1.54) is 50.5 Å². The van der Waals surface area contributed by atoms with E-state index in [1.807, 2.05) is 0 Å². The van der Waals surface area contributed by atoms with Crippen LogP contribution >= 0.6 is 0 Å². The molecule has 2 aliphatic carbocycles. The van der Waals surface area contributed by atoms with Crippen LogP contribution in [0.3, 0.4) is 0 Å². The smallest absolute Gasteiger partial charge is 0.208 e. The zero-order valence-electron chi connectivity index (χ0n) is 21.4. The van der Waals surface area contributed by atoms with Crippen molar-refractivity contribution in [2.45, 2.75) is 77.4 Å². The lowest BCUT2D eigenvalue weighted by molar-refractivity contribution is 0.0927. The molecular formula is C28H42N6O. The Bertz CT molecular complexity index is 1010. The fourth-order valence-electron chi connectivity index (χ4n) is 5.99. The number of aromatic nitrogens is 2. The Hall–Kier alpha value is -2.54. The minimum Gasteiger partial charge on any atom is -0.382 e. The van der Waals surface area contributed by atoms with Gasteiger partial charge in [0.15, 0.2) is 5.82 Å². The van der Waals surface area contributed by atoms with Gasteiger partial charge in [0, 0.05) is 13.1 Å². The normalized spacial score (nSPS) is 27.0. The van der Waals surface area contributed by atoms with Gasteiger partial charge in [0.05, 0.1) is 25.3 Å². The lowest BCUT2D eigenvalue weighted by Crippen LogP contribution is -2.41. The number of hydrogen-bond acceptors (Lipinski definition) is 5. The van der Waals surface area contributed by atoms with Crippen LogP contribution < -0.4 is 16.4 Å². The summed E-state index contributed by atoms with van der Waals surface area (Å²) in [4.78, 5) is 12.3. The van der Waals surface area contributed by atoms with Gasteiger partial charge in [-0.15, -0.1) is 0 Å². The molecular weight excluding hydrogens is 436 g/mol. The second-order valence-electron chi connectivity index (χ2n) is 11.0. The molecule has 3 fully saturated rings. The second kappa shape index (κ2) is 10.6. The molecule has 1 aliphatic heterocycles. The summed E-state index contributed by atoms with van der Waals surface area (Å²) in [7, 11) is 0. The summed E-state index contributed by atoms with van der Waals surface area (Å²) in [5.74, 6) is 3.98. The zero-order valence-corrected chi connectivity index (χ0v) is 21.4. The first kappa shape index (κ1) is 24.2. The summed E-state index contributed by atoms with van der Waals surface area (Å²) < 4.78 is 8.21. The van der Waals surface area contributed by atoms with E-state index in [-0.39, 0.29) is 12.1 Å². The van der Waals surface area contributed by atoms with Gasteiger partial charge in [0.25, 0.3) is 0 Å². The number of aliphatic imine (C=N–C) groups is 1. The van der Waals surface area contributed by atoms with Crippen LogP contribution in [0.15, 0.2) is 35.3 Å². The van der Waals surface area contributed by atoms with E-state index >= 15 is 0 Å². The SMILES string of the molecule is CC1CCC(Cn2c(N3CCOCC3c3ccccc3)nc(N)c2C(N)=NC(C)C2CCC2)CC1. The fourth-order valence-corrected chi connectivity index (χ4v) is 5.99. The number of amidine groups is 1. The molecule has 4 N–H and O–H groups in total. The molecule has 190 valence electrons. The third kappa shape index (κ3) is 5.20. The fraction of sp³-hybridized carbons (Fsp3) is 0.643. The quantitative estimate of drug-likeness (QED) is 0.442. The standard InChI is InChI=1S/C28H42N6O/c1-19-11-13-21(14-12-19)17-34-25(26(29)31-20(2)22-9-6-10-22)27(30)32-28(34)33-15-16-35-18-24(33)23-7-4-3-5-8-23/h3-5,7-8,19-22,24H,6,9-18,30H2,1-2H3,(H2,29,31). The van der Waals surface area contributed by atoms with Gasteiger partial charge in [0.1, 0.15) is 11.5 Å². The molecule has 3 aliphatic rings. The van der Waals surface area contributed by atoms with E-state index in [1.54, 1.807) is 0 Å². The van der Waals surface area contributed by atoms with Crippen molar-refractivity contribution in [2.75, 3.05) is 30.4 Å². The molecule has 2 unspecified atom stereocenters. The highest BCUT2D eigenvalue weighted by Crippen LogP contribution is 2.36. The summed E-state index contributed by atoms with van der Waals surface area (Å²) in [6.45, 7) is 7.52. The number of rotatable bonds is 7. The van der Waals surface area contributed by atoms with E-state index < -0.39 is 0 Å². The van der Waals surface area contributed by atoms with Gasteiger partial charge < -0.3 is 25.7 Å². The summed E-state index contributed by atoms with van der Waals surface area (Å²) >= 11 is 0. The predicted molar refractivity (Wildman–Crippen MR) is 143 cm³/mol. The monoisotopic (exact) mass is 478 g/mol. The number of hydrogen-bond donors (Lipinski definition) is 2. The highest BCUT2D eigenvalue weighted by molar-refractivity contribution is 6.00. The average molecular weight is 479 g/mol. The van der Waals surface area contributed by atoms with Crippen LogP contribution in [-0.4, -0.2) is 41.2 Å². The Morgan fingerprint density at radius 2 is 1.89 bits per heavy atom. The zero-order chi connectivity index (χ0) is 24.4. The molecule has 0 bridgehead atoms. The summed E-state index contributed by atoms with van der Waals surface area (Å²) in [5, 5.41) is 0. The number of morpholine rings is 1. The summed E-state index contributed by atoms with van der Waals surface area (Å²) in [6, 6.07) is 10.9. The molecule has 0 spiro atoms. The van der Waals surface area contributed by atoms with E-state index in [9.17, 15) is 0 Å². The number of ether oxygens (including phenoxy) is 1. The van der Waals surface area contributed by atoms with E-state index in [2.05, 4.69) is 53.6 Å². The third-order valence-corrected chi connectivity index (χ3v) is 8.54. The molecule has 0 amide bonds. The molecule has 1 saturated heterocycles. The first-order chi connectivity index (χ1) is 17.0. The van der Waals surface area contributed by atoms with E-state index in [0.29, 0.717) is 36.7 Å². The van der Waals surface area contributed by atoms with Crippen LogP contribution in [0.5, 0.6) is 0 Å². The van der Waals surface area contributed by atoms with Crippen molar-refractivity contribution < 1.29 is 4.74 Å². The molecule has 7 heteroatoms. The molecule has 35 heavy (non-hydrogen) atoms. The lowest BCUT2D eigenvalue weighted by Gasteiger charge is -2.37. The number of nitrogens with two attached hydrogens (primary N) is 2. The van der Waals surface area contributed by atoms with Gasteiger partial charge in [-0.3, -0.25) is 4.99 Å². The Balaban J connectivity index is 1.52. The molecule has 2 saturated carbocycles. The molecule has 2 aromatic rings. The van der Waals surface area contributed by atoms with Gasteiger partial charge >= 0.3 is 0 Å². The molecule has 2 heterocycles. The van der Waals surface area contributed by atoms with Crippen molar-refractivity contribution in [1.29, 1.82) is 0 Å². The van der Waals surface area contributed by atoms with Crippen LogP contribution in [-0.2, 0) is 11.3 Å². The lowest BCUT2D eigenvalue weighted by atomic mass is 9.81. The molecule has 2 atom stereocenters. The number of benzene rings is 1. The number of nitrogens with zero attached hydrogens (tertiary/aromatic N) is 4. The predicted octanol–water partition coefficient (Wildman–Crippen LogP) is 4.76. The van der Waals surface area contributed by atoms with Crippen LogP contribution in [0, 0.1) is 17.8 Å². The van der Waals surface area contributed by atoms with Crippen LogP contribution in [0.2, 0.25) is 0 Å². The van der Waals surface area contributed by atoms with Crippen molar-refractivity contribution in [2.24, 2.45) is 28.5 Å². The minimum atomic E-state index is 0.0943. The van der Waals surface area contributed by atoms with Crippen molar-refractivity contribution in [1.82, 2.24) is 9.55 Å². The molecule has 1 aromatic heterocycles. The Morgan fingerprint density at radius 1 is 1.14 bits per heavy atom. The summed E-state index contributed by atoms with van der Waals surface area (Å²) in [5.41, 5.74) is 15.3. The van der Waals surface area contributed by atoms with Gasteiger partial charge in [0.2, 0.25) is 5.95 Å². The average Bonchev–Trinajstić information content (AvgIpc) is 3.15. The number of nitrogen functional groups attached to an aromatic ring is 1. The topological polar surface area (TPSA) is 94.7 Å². The van der Waals surface area contributed by atoms with E-state index in [0.717, 1.165) is 30.6 Å². The summed E-state index contributed by atoms with van der Waals surface area (Å²) in [6.07, 6.45) is 8.82. The molecule has 5 rings (SSSR count). The maximum absolute atomic E-state index is 6.70. The van der Waals surface area contributed by atoms with Crippen LogP contribution in [0.4, 0.5) is 11.8 Å². The Labute approximate surface area is 209 Å². The van der Waals surface area contributed by atoms with Gasteiger partial charge in [-0.05, 0) is 55.9 Å². The van der Waals surface area contributed by atoms with Gasteiger partial charge in [-0.1, -0.05) is 56.5 Å². The van der Waals surface area contributed by atoms with Gasteiger partial charge in [-0.25, -0.2) is 0 Å². The first-order valence-electron chi connectivity index (χ1n) is 13.6. The number of anilines is 2. The Kier molecular flexibility index (Phi) is 7.32. The maximum Gasteiger partial charge on any atom is 0.208 e. The highest BCUT2D eigenvalue weighted by atomic mass is 16.5. The van der Waals surface area contributed by atoms with Crippen LogP contribution in [0.25, 0.3) is 0 Å². The van der Waals surface area contributed by atoms with Gasteiger partial charge in [-0.2, -0.15) is 4.98 Å². The van der Waals surface area contributed by atoms with Crippen molar-refractivity contribution in [3.63, 3.8) is 0 Å². The van der Waals surface area contributed by atoms with Crippen molar-refractivity contribution >= 4 is 17.6 Å². The highest BCUT2D eigenvalue weighted by Gasteiger charge is 2.33. The minimum absolute atomic E-state index is 0.0943. The van der Waals surface area contributed by atoms with Crippen LogP contribution in [0.1, 0.15) is 76.1 Å².